The third kappa shape index (κ3) is 3.53. The molecule has 2 fully saturated rings. The van der Waals surface area contributed by atoms with Crippen molar-refractivity contribution in [1.29, 1.82) is 0 Å². The Morgan fingerprint density at radius 1 is 1.30 bits per heavy atom. The molecule has 0 aromatic heterocycles. The Labute approximate surface area is 123 Å². The van der Waals surface area contributed by atoms with Crippen LogP contribution in [-0.2, 0) is 4.79 Å². The second-order valence-electron chi connectivity index (χ2n) is 6.90. The largest absolute Gasteiger partial charge is 0.338 e. The molecule has 4 heteroatoms. The second-order valence-corrected chi connectivity index (χ2v) is 6.90. The average Bonchev–Trinajstić information content (AvgIpc) is 2.62. The van der Waals surface area contributed by atoms with Crippen molar-refractivity contribution in [3.05, 3.63) is 0 Å². The zero-order valence-electron chi connectivity index (χ0n) is 13.3. The first-order chi connectivity index (χ1) is 9.52. The minimum absolute atomic E-state index is 0.0520. The van der Waals surface area contributed by atoms with Gasteiger partial charge in [0.2, 0.25) is 5.91 Å². The number of nitrogens with two attached hydrogens (primary N) is 1. The first-order valence-corrected chi connectivity index (χ1v) is 8.27. The van der Waals surface area contributed by atoms with Gasteiger partial charge in [-0.05, 0) is 51.6 Å². The summed E-state index contributed by atoms with van der Waals surface area (Å²) in [4.78, 5) is 17.5. The van der Waals surface area contributed by atoms with Gasteiger partial charge in [-0.1, -0.05) is 13.8 Å². The van der Waals surface area contributed by atoms with Crippen LogP contribution in [0.25, 0.3) is 0 Å². The minimum Gasteiger partial charge on any atom is -0.338 e. The van der Waals surface area contributed by atoms with Gasteiger partial charge in [-0.2, -0.15) is 0 Å². The number of hydrogen-bond donors (Lipinski definition) is 1. The molecule has 1 saturated heterocycles. The lowest BCUT2D eigenvalue weighted by molar-refractivity contribution is -0.140. The molecule has 1 heterocycles. The van der Waals surface area contributed by atoms with Crippen molar-refractivity contribution in [2.45, 2.75) is 58.0 Å². The van der Waals surface area contributed by atoms with Gasteiger partial charge >= 0.3 is 0 Å². The highest BCUT2D eigenvalue weighted by molar-refractivity contribution is 5.80. The molecule has 0 radical (unpaired) electrons. The molecule has 0 bridgehead atoms. The Morgan fingerprint density at radius 3 is 2.75 bits per heavy atom. The summed E-state index contributed by atoms with van der Waals surface area (Å²) in [5.74, 6) is 1.01. The van der Waals surface area contributed by atoms with Gasteiger partial charge < -0.3 is 15.5 Å². The molecular formula is C16H31N3O. The van der Waals surface area contributed by atoms with Crippen LogP contribution in [0.1, 0.15) is 46.0 Å². The van der Waals surface area contributed by atoms with Crippen LogP contribution in [0.5, 0.6) is 0 Å². The van der Waals surface area contributed by atoms with Crippen LogP contribution in [0.4, 0.5) is 0 Å². The van der Waals surface area contributed by atoms with Crippen LogP contribution in [0.3, 0.4) is 0 Å². The molecule has 1 aliphatic carbocycles. The lowest BCUT2D eigenvalue weighted by atomic mass is 9.78. The zero-order valence-corrected chi connectivity index (χ0v) is 13.3. The van der Waals surface area contributed by atoms with Gasteiger partial charge in [0, 0.05) is 25.2 Å². The van der Waals surface area contributed by atoms with Crippen LogP contribution in [-0.4, -0.2) is 54.5 Å². The Bertz CT molecular complexity index is 334. The van der Waals surface area contributed by atoms with Gasteiger partial charge in [0.1, 0.15) is 0 Å². The first kappa shape index (κ1) is 15.8. The van der Waals surface area contributed by atoms with E-state index in [1.165, 1.54) is 6.42 Å². The molecule has 2 rings (SSSR count). The van der Waals surface area contributed by atoms with E-state index in [9.17, 15) is 4.79 Å². The number of carbonyl (C=O) groups is 1. The summed E-state index contributed by atoms with van der Waals surface area (Å²) in [5, 5.41) is 0. The summed E-state index contributed by atoms with van der Waals surface area (Å²) in [6, 6.07) is 0.427. The molecule has 1 amide bonds. The maximum atomic E-state index is 13.0. The van der Waals surface area contributed by atoms with Gasteiger partial charge in [0.05, 0.1) is 5.92 Å². The lowest BCUT2D eigenvalue weighted by Crippen LogP contribution is -2.51. The summed E-state index contributed by atoms with van der Waals surface area (Å²) in [5.41, 5.74) is 6.24. The highest BCUT2D eigenvalue weighted by atomic mass is 16.2. The highest BCUT2D eigenvalue weighted by Gasteiger charge is 2.36. The molecule has 4 unspecified atom stereocenters. The van der Waals surface area contributed by atoms with Gasteiger partial charge in [-0.25, -0.2) is 0 Å². The SMILES string of the molecule is CCC1CN(C)CCCN1C(=O)C1CC(C)CCC1N. The van der Waals surface area contributed by atoms with E-state index in [1.54, 1.807) is 0 Å². The predicted octanol–water partition coefficient (Wildman–Crippen LogP) is 1.69. The van der Waals surface area contributed by atoms with Gasteiger partial charge in [-0.15, -0.1) is 0 Å². The molecule has 116 valence electrons. The molecule has 0 aromatic carbocycles. The summed E-state index contributed by atoms with van der Waals surface area (Å²) < 4.78 is 0. The molecule has 20 heavy (non-hydrogen) atoms. The molecule has 0 aromatic rings. The predicted molar refractivity (Wildman–Crippen MR) is 82.4 cm³/mol. The van der Waals surface area contributed by atoms with Crippen LogP contribution in [0, 0.1) is 11.8 Å². The Hall–Kier alpha value is -0.610. The Morgan fingerprint density at radius 2 is 2.05 bits per heavy atom. The van der Waals surface area contributed by atoms with Crippen LogP contribution < -0.4 is 5.73 Å². The van der Waals surface area contributed by atoms with Crippen molar-refractivity contribution in [2.24, 2.45) is 17.6 Å². The van der Waals surface area contributed by atoms with E-state index in [1.807, 2.05) is 0 Å². The normalized spacial score (nSPS) is 36.7. The van der Waals surface area contributed by atoms with E-state index in [2.05, 4.69) is 30.7 Å². The highest BCUT2D eigenvalue weighted by Crippen LogP contribution is 2.30. The first-order valence-electron chi connectivity index (χ1n) is 8.27. The average molecular weight is 281 g/mol. The summed E-state index contributed by atoms with van der Waals surface area (Å²) in [7, 11) is 2.16. The number of rotatable bonds is 2. The fourth-order valence-electron chi connectivity index (χ4n) is 3.78. The second kappa shape index (κ2) is 6.90. The monoisotopic (exact) mass is 281 g/mol. The third-order valence-electron chi connectivity index (χ3n) is 5.14. The molecule has 4 atom stereocenters. The van der Waals surface area contributed by atoms with Crippen LogP contribution >= 0.6 is 0 Å². The van der Waals surface area contributed by atoms with E-state index in [-0.39, 0.29) is 12.0 Å². The summed E-state index contributed by atoms with van der Waals surface area (Å²) in [6.07, 6.45) is 5.26. The van der Waals surface area contributed by atoms with Crippen LogP contribution in [0.2, 0.25) is 0 Å². The smallest absolute Gasteiger partial charge is 0.227 e. The van der Waals surface area contributed by atoms with E-state index in [0.717, 1.165) is 45.3 Å². The maximum absolute atomic E-state index is 13.0. The topological polar surface area (TPSA) is 49.6 Å². The van der Waals surface area contributed by atoms with Crippen molar-refractivity contribution in [2.75, 3.05) is 26.7 Å². The lowest BCUT2D eigenvalue weighted by Gasteiger charge is -2.38. The zero-order chi connectivity index (χ0) is 14.7. The number of hydrogen-bond acceptors (Lipinski definition) is 3. The van der Waals surface area contributed by atoms with Gasteiger partial charge in [0.15, 0.2) is 0 Å². The molecule has 2 N–H and O–H groups in total. The van der Waals surface area contributed by atoms with Crippen molar-refractivity contribution in [3.63, 3.8) is 0 Å². The van der Waals surface area contributed by atoms with Crippen molar-refractivity contribution in [1.82, 2.24) is 9.80 Å². The quantitative estimate of drug-likeness (QED) is 0.838. The van der Waals surface area contributed by atoms with E-state index in [0.29, 0.717) is 17.9 Å². The Balaban J connectivity index is 2.08. The molecule has 1 aliphatic heterocycles. The number of nitrogens with zero attached hydrogens (tertiary/aromatic N) is 2. The van der Waals surface area contributed by atoms with Gasteiger partial charge in [0.25, 0.3) is 0 Å². The van der Waals surface area contributed by atoms with Crippen LogP contribution in [0.15, 0.2) is 0 Å². The summed E-state index contributed by atoms with van der Waals surface area (Å²) in [6.45, 7) is 7.43. The maximum Gasteiger partial charge on any atom is 0.227 e. The Kier molecular flexibility index (Phi) is 5.44. The van der Waals surface area contributed by atoms with E-state index >= 15 is 0 Å². The summed E-state index contributed by atoms with van der Waals surface area (Å²) >= 11 is 0. The number of amides is 1. The minimum atomic E-state index is 0.0520. The fraction of sp³-hybridized carbons (Fsp3) is 0.938. The van der Waals surface area contributed by atoms with Crippen molar-refractivity contribution in [3.8, 4) is 0 Å². The third-order valence-corrected chi connectivity index (χ3v) is 5.14. The molecule has 1 saturated carbocycles. The standard InChI is InChI=1S/C16H31N3O/c1-4-13-11-18(3)8-5-9-19(13)16(20)14-10-12(2)6-7-15(14)17/h12-15H,4-11,17H2,1-3H3. The molecular weight excluding hydrogens is 250 g/mol. The fourth-order valence-corrected chi connectivity index (χ4v) is 3.78. The van der Waals surface area contributed by atoms with Gasteiger partial charge in [-0.3, -0.25) is 4.79 Å². The van der Waals surface area contributed by atoms with E-state index in [4.69, 9.17) is 5.73 Å². The molecule has 2 aliphatic rings. The molecule has 0 spiro atoms. The van der Waals surface area contributed by atoms with E-state index < -0.39 is 0 Å². The number of likely N-dealkylation sites (N-methyl/N-ethyl adjacent to an activating group) is 1. The van der Waals surface area contributed by atoms with Crippen molar-refractivity contribution >= 4 is 5.91 Å². The van der Waals surface area contributed by atoms with Crippen molar-refractivity contribution < 1.29 is 4.79 Å². The number of carbonyl (C=O) groups excluding carboxylic acids is 1. The molecule has 4 nitrogen and oxygen atoms in total.